The van der Waals surface area contributed by atoms with Crippen molar-refractivity contribution in [3.63, 3.8) is 0 Å². The summed E-state index contributed by atoms with van der Waals surface area (Å²) in [6, 6.07) is 10.6. The molecule has 2 aromatic rings. The smallest absolute Gasteiger partial charge is 0.255 e. The molecule has 0 spiro atoms. The molecule has 1 fully saturated rings. The fraction of sp³-hybridized carbons (Fsp3) is 0.278. The zero-order chi connectivity index (χ0) is 18.0. The van der Waals surface area contributed by atoms with E-state index in [-0.39, 0.29) is 11.3 Å². The lowest BCUT2D eigenvalue weighted by atomic mass is 10.1. The van der Waals surface area contributed by atoms with Crippen molar-refractivity contribution in [2.75, 3.05) is 26.5 Å². The number of benzene rings is 2. The van der Waals surface area contributed by atoms with Crippen LogP contribution in [0.4, 0.5) is 0 Å². The number of halogens is 2. The third-order valence-electron chi connectivity index (χ3n) is 3.98. The Morgan fingerprint density at radius 1 is 1.08 bits per heavy atom. The maximum absolute atomic E-state index is 13.0. The average Bonchev–Trinajstić information content (AvgIpc) is 3.12. The van der Waals surface area contributed by atoms with Gasteiger partial charge in [0.25, 0.3) is 5.91 Å². The minimum absolute atomic E-state index is 0.0737. The number of methoxy groups -OCH3 is 2. The summed E-state index contributed by atoms with van der Waals surface area (Å²) in [7, 11) is 3.22. The molecule has 1 amide bonds. The largest absolute Gasteiger partial charge is 0.497 e. The summed E-state index contributed by atoms with van der Waals surface area (Å²) in [5, 5.41) is 0.702. The molecule has 25 heavy (non-hydrogen) atoms. The van der Waals surface area contributed by atoms with E-state index in [0.717, 1.165) is 11.3 Å². The minimum Gasteiger partial charge on any atom is -0.497 e. The fourth-order valence-corrected chi connectivity index (χ4v) is 4.25. The van der Waals surface area contributed by atoms with Crippen molar-refractivity contribution in [3.05, 3.63) is 57.6 Å². The van der Waals surface area contributed by atoms with Gasteiger partial charge in [-0.05, 0) is 35.9 Å². The van der Waals surface area contributed by atoms with Gasteiger partial charge in [0, 0.05) is 23.9 Å². The van der Waals surface area contributed by atoms with Crippen LogP contribution in [-0.2, 0) is 0 Å². The highest BCUT2D eigenvalue weighted by Crippen LogP contribution is 2.41. The molecule has 1 aliphatic heterocycles. The maximum Gasteiger partial charge on any atom is 0.255 e. The molecule has 4 nitrogen and oxygen atoms in total. The van der Waals surface area contributed by atoms with E-state index in [4.69, 9.17) is 32.7 Å². The number of thioether (sulfide) groups is 1. The Balaban J connectivity index is 1.92. The SMILES string of the molecule is COc1cc(OC)cc([C@H]2SCCN2C(=O)c2ccc(Cl)c(Cl)c2)c1. The molecule has 0 unspecified atom stereocenters. The van der Waals surface area contributed by atoms with E-state index in [1.165, 1.54) is 0 Å². The molecule has 1 saturated heterocycles. The number of hydrogen-bond donors (Lipinski definition) is 0. The number of ether oxygens (including phenoxy) is 2. The zero-order valence-electron chi connectivity index (χ0n) is 13.8. The summed E-state index contributed by atoms with van der Waals surface area (Å²) < 4.78 is 10.7. The van der Waals surface area contributed by atoms with E-state index in [0.29, 0.717) is 33.7 Å². The van der Waals surface area contributed by atoms with Crippen LogP contribution < -0.4 is 9.47 Å². The number of amides is 1. The molecule has 1 atom stereocenters. The van der Waals surface area contributed by atoms with Crippen LogP contribution in [0.15, 0.2) is 36.4 Å². The second kappa shape index (κ2) is 7.77. The lowest BCUT2D eigenvalue weighted by Gasteiger charge is -2.25. The first-order valence-electron chi connectivity index (χ1n) is 7.64. The zero-order valence-corrected chi connectivity index (χ0v) is 16.1. The van der Waals surface area contributed by atoms with Gasteiger partial charge in [-0.15, -0.1) is 11.8 Å². The predicted octanol–water partition coefficient (Wildman–Crippen LogP) is 4.90. The van der Waals surface area contributed by atoms with E-state index in [1.54, 1.807) is 44.2 Å². The number of carbonyl (C=O) groups excluding carboxylic acids is 1. The third-order valence-corrected chi connectivity index (χ3v) is 5.98. The van der Waals surface area contributed by atoms with Gasteiger partial charge in [-0.2, -0.15) is 0 Å². The quantitative estimate of drug-likeness (QED) is 0.735. The van der Waals surface area contributed by atoms with Crippen LogP contribution in [0, 0.1) is 0 Å². The Morgan fingerprint density at radius 2 is 1.76 bits per heavy atom. The highest BCUT2D eigenvalue weighted by atomic mass is 35.5. The fourth-order valence-electron chi connectivity index (χ4n) is 2.72. The molecular formula is C18H17Cl2NO3S. The number of nitrogens with zero attached hydrogens (tertiary/aromatic N) is 1. The van der Waals surface area contributed by atoms with Gasteiger partial charge in [-0.3, -0.25) is 4.79 Å². The van der Waals surface area contributed by atoms with E-state index in [9.17, 15) is 4.79 Å². The first kappa shape index (κ1) is 18.2. The third kappa shape index (κ3) is 3.84. The second-order valence-electron chi connectivity index (χ2n) is 5.50. The summed E-state index contributed by atoms with van der Waals surface area (Å²) in [6.45, 7) is 0.661. The number of carbonyl (C=O) groups is 1. The lowest BCUT2D eigenvalue weighted by molar-refractivity contribution is 0.0760. The van der Waals surface area contributed by atoms with Crippen LogP contribution in [0.5, 0.6) is 11.5 Å². The Bertz CT molecular complexity index is 778. The maximum atomic E-state index is 13.0. The van der Waals surface area contributed by atoms with Gasteiger partial charge in [0.2, 0.25) is 0 Å². The molecule has 2 aromatic carbocycles. The van der Waals surface area contributed by atoms with Crippen LogP contribution in [0.25, 0.3) is 0 Å². The first-order chi connectivity index (χ1) is 12.0. The van der Waals surface area contributed by atoms with Crippen molar-refractivity contribution in [1.29, 1.82) is 0 Å². The molecule has 132 valence electrons. The molecule has 0 N–H and O–H groups in total. The van der Waals surface area contributed by atoms with Crippen molar-refractivity contribution in [2.45, 2.75) is 5.37 Å². The summed E-state index contributed by atoms with van der Waals surface area (Å²) in [6.07, 6.45) is 0. The van der Waals surface area contributed by atoms with E-state index in [1.807, 2.05) is 23.1 Å². The van der Waals surface area contributed by atoms with E-state index >= 15 is 0 Å². The van der Waals surface area contributed by atoms with Gasteiger partial charge in [-0.1, -0.05) is 23.2 Å². The normalized spacial score (nSPS) is 16.8. The Morgan fingerprint density at radius 3 is 2.36 bits per heavy atom. The first-order valence-corrected chi connectivity index (χ1v) is 9.44. The van der Waals surface area contributed by atoms with Crippen molar-refractivity contribution in [3.8, 4) is 11.5 Å². The number of hydrogen-bond acceptors (Lipinski definition) is 4. The number of rotatable bonds is 4. The van der Waals surface area contributed by atoms with Crippen molar-refractivity contribution in [1.82, 2.24) is 4.90 Å². The van der Waals surface area contributed by atoms with Crippen molar-refractivity contribution >= 4 is 40.9 Å². The topological polar surface area (TPSA) is 38.8 Å². The highest BCUT2D eigenvalue weighted by Gasteiger charge is 2.32. The van der Waals surface area contributed by atoms with Gasteiger partial charge in [0.1, 0.15) is 16.9 Å². The summed E-state index contributed by atoms with van der Waals surface area (Å²) in [4.78, 5) is 14.8. The Kier molecular flexibility index (Phi) is 5.67. The van der Waals surface area contributed by atoms with Gasteiger partial charge >= 0.3 is 0 Å². The molecule has 3 rings (SSSR count). The molecule has 1 aliphatic rings. The second-order valence-corrected chi connectivity index (χ2v) is 7.50. The van der Waals surface area contributed by atoms with E-state index < -0.39 is 0 Å². The molecule has 0 saturated carbocycles. The lowest BCUT2D eigenvalue weighted by Crippen LogP contribution is -2.30. The Hall–Kier alpha value is -1.56. The standard InChI is InChI=1S/C18H17Cl2NO3S/c1-23-13-7-12(8-14(10-13)24-2)18-21(5-6-25-18)17(22)11-3-4-15(19)16(20)9-11/h3-4,7-10,18H,5-6H2,1-2H3/t18-/m1/s1. The van der Waals surface area contributed by atoms with E-state index in [2.05, 4.69) is 0 Å². The van der Waals surface area contributed by atoms with Crippen molar-refractivity contribution < 1.29 is 14.3 Å². The molecule has 1 heterocycles. The Labute approximate surface area is 161 Å². The van der Waals surface area contributed by atoms with Gasteiger partial charge in [-0.25, -0.2) is 0 Å². The van der Waals surface area contributed by atoms with Crippen LogP contribution in [0.2, 0.25) is 10.0 Å². The monoisotopic (exact) mass is 397 g/mol. The van der Waals surface area contributed by atoms with Crippen LogP contribution >= 0.6 is 35.0 Å². The highest BCUT2D eigenvalue weighted by molar-refractivity contribution is 7.99. The van der Waals surface area contributed by atoms with Crippen LogP contribution in [0.1, 0.15) is 21.3 Å². The summed E-state index contributed by atoms with van der Waals surface area (Å²) in [5.41, 5.74) is 1.49. The molecule has 0 bridgehead atoms. The summed E-state index contributed by atoms with van der Waals surface area (Å²) in [5.74, 6) is 2.18. The van der Waals surface area contributed by atoms with Gasteiger partial charge in [0.05, 0.1) is 24.3 Å². The molecular weight excluding hydrogens is 381 g/mol. The minimum atomic E-state index is -0.106. The average molecular weight is 398 g/mol. The van der Waals surface area contributed by atoms with Gasteiger partial charge < -0.3 is 14.4 Å². The van der Waals surface area contributed by atoms with Crippen molar-refractivity contribution in [2.24, 2.45) is 0 Å². The molecule has 7 heteroatoms. The summed E-state index contributed by atoms with van der Waals surface area (Å²) >= 11 is 13.7. The molecule has 0 radical (unpaired) electrons. The predicted molar refractivity (Wildman–Crippen MR) is 102 cm³/mol. The van der Waals surface area contributed by atoms with Crippen LogP contribution in [0.3, 0.4) is 0 Å². The molecule has 0 aliphatic carbocycles. The molecule has 0 aromatic heterocycles. The van der Waals surface area contributed by atoms with Crippen LogP contribution in [-0.4, -0.2) is 37.3 Å². The van der Waals surface area contributed by atoms with Gasteiger partial charge in [0.15, 0.2) is 0 Å².